The number of aromatic amines is 1. The van der Waals surface area contributed by atoms with Crippen LogP contribution < -0.4 is 16.6 Å². The van der Waals surface area contributed by atoms with Crippen molar-refractivity contribution < 1.29 is 5.11 Å². The number of aliphatic hydroxyl groups excluding tert-OH is 1. The molecule has 1 aromatic rings. The van der Waals surface area contributed by atoms with Crippen LogP contribution in [-0.4, -0.2) is 33.3 Å². The largest absolute Gasteiger partial charge is 0.390 e. The number of H-pyrrole nitrogens is 1. The zero-order valence-corrected chi connectivity index (χ0v) is 11.3. The Kier molecular flexibility index (Phi) is 5.10. The molecule has 0 bridgehead atoms. The number of aliphatic hydroxyl groups is 1. The summed E-state index contributed by atoms with van der Waals surface area (Å²) in [5, 5.41) is 12.8. The van der Waals surface area contributed by atoms with E-state index < -0.39 is 17.4 Å². The minimum atomic E-state index is -0.687. The second kappa shape index (κ2) is 6.13. The molecule has 0 aliphatic carbocycles. The fourth-order valence-electron chi connectivity index (χ4n) is 1.28. The van der Waals surface area contributed by atoms with Crippen LogP contribution >= 0.6 is 15.9 Å². The summed E-state index contributed by atoms with van der Waals surface area (Å²) in [6.07, 6.45) is 0.688. The highest BCUT2D eigenvalue weighted by Crippen LogP contribution is 1.98. The van der Waals surface area contributed by atoms with E-state index in [0.29, 0.717) is 6.54 Å². The lowest BCUT2D eigenvalue weighted by Crippen LogP contribution is -2.38. The Balaban J connectivity index is 2.72. The van der Waals surface area contributed by atoms with Gasteiger partial charge in [-0.25, -0.2) is 4.79 Å². The van der Waals surface area contributed by atoms with Crippen LogP contribution in [0.15, 0.2) is 20.3 Å². The Bertz CT molecular complexity index is 480. The standard InChI is InChI=1S/C10H16BrN3O3/c1-6(2)12-3-7(15)4-14-5-8(11)9(16)13-10(14)17/h5-7,12,15H,3-4H2,1-2H3,(H,13,16,17). The number of nitrogens with zero attached hydrogens (tertiary/aromatic N) is 1. The zero-order chi connectivity index (χ0) is 13.0. The van der Waals surface area contributed by atoms with E-state index in [-0.39, 0.29) is 17.1 Å². The third-order valence-corrected chi connectivity index (χ3v) is 2.70. The number of hydrogen-bond donors (Lipinski definition) is 3. The summed E-state index contributed by atoms with van der Waals surface area (Å²) < 4.78 is 1.53. The maximum absolute atomic E-state index is 11.4. The molecule has 7 heteroatoms. The number of halogens is 1. The van der Waals surface area contributed by atoms with Crippen LogP contribution in [0, 0.1) is 0 Å². The molecule has 1 heterocycles. The first-order valence-electron chi connectivity index (χ1n) is 5.31. The van der Waals surface area contributed by atoms with Gasteiger partial charge in [0.25, 0.3) is 5.56 Å². The van der Waals surface area contributed by atoms with Gasteiger partial charge in [0, 0.05) is 18.8 Å². The fraction of sp³-hybridized carbons (Fsp3) is 0.600. The number of aromatic nitrogens is 2. The van der Waals surface area contributed by atoms with Gasteiger partial charge in [-0.2, -0.15) is 0 Å². The van der Waals surface area contributed by atoms with Gasteiger partial charge in [-0.1, -0.05) is 13.8 Å². The lowest BCUT2D eigenvalue weighted by atomic mass is 10.3. The summed E-state index contributed by atoms with van der Waals surface area (Å²) >= 11 is 3.03. The Morgan fingerprint density at radius 2 is 2.18 bits per heavy atom. The van der Waals surface area contributed by atoms with Crippen LogP contribution in [0.1, 0.15) is 13.8 Å². The van der Waals surface area contributed by atoms with Crippen molar-refractivity contribution in [1.29, 1.82) is 0 Å². The molecule has 0 saturated heterocycles. The van der Waals surface area contributed by atoms with Crippen LogP contribution in [-0.2, 0) is 6.54 Å². The van der Waals surface area contributed by atoms with E-state index in [1.807, 2.05) is 13.8 Å². The first kappa shape index (κ1) is 14.1. The highest BCUT2D eigenvalue weighted by Gasteiger charge is 2.08. The van der Waals surface area contributed by atoms with Gasteiger partial charge in [0.1, 0.15) is 0 Å². The van der Waals surface area contributed by atoms with Crippen LogP contribution in [0.2, 0.25) is 0 Å². The molecule has 0 fully saturated rings. The van der Waals surface area contributed by atoms with Gasteiger partial charge < -0.3 is 10.4 Å². The van der Waals surface area contributed by atoms with Crippen molar-refractivity contribution in [2.75, 3.05) is 6.54 Å². The summed E-state index contributed by atoms with van der Waals surface area (Å²) in [6.45, 7) is 4.46. The molecule has 0 aliphatic rings. The van der Waals surface area contributed by atoms with Crippen molar-refractivity contribution in [2.24, 2.45) is 0 Å². The molecular weight excluding hydrogens is 290 g/mol. The van der Waals surface area contributed by atoms with Gasteiger partial charge in [-0.15, -0.1) is 0 Å². The summed E-state index contributed by atoms with van der Waals surface area (Å²) in [6, 6.07) is 0.267. The summed E-state index contributed by atoms with van der Waals surface area (Å²) in [5.74, 6) is 0. The fourth-order valence-corrected chi connectivity index (χ4v) is 1.63. The van der Waals surface area contributed by atoms with Crippen molar-refractivity contribution >= 4 is 15.9 Å². The molecule has 96 valence electrons. The predicted octanol–water partition coefficient (Wildman–Crippen LogP) is -0.342. The van der Waals surface area contributed by atoms with Crippen molar-refractivity contribution in [1.82, 2.24) is 14.9 Å². The van der Waals surface area contributed by atoms with Gasteiger partial charge in [0.05, 0.1) is 17.1 Å². The molecular formula is C10H16BrN3O3. The Labute approximate surface area is 107 Å². The number of nitrogens with one attached hydrogen (secondary N) is 2. The van der Waals surface area contributed by atoms with Crippen molar-refractivity contribution in [3.63, 3.8) is 0 Å². The Hall–Kier alpha value is -0.920. The highest BCUT2D eigenvalue weighted by atomic mass is 79.9. The minimum Gasteiger partial charge on any atom is -0.390 e. The molecule has 3 N–H and O–H groups in total. The van der Waals surface area contributed by atoms with Crippen LogP contribution in [0.5, 0.6) is 0 Å². The first-order chi connectivity index (χ1) is 7.90. The normalized spacial score (nSPS) is 13.0. The van der Waals surface area contributed by atoms with E-state index in [4.69, 9.17) is 0 Å². The Morgan fingerprint density at radius 3 is 2.76 bits per heavy atom. The van der Waals surface area contributed by atoms with Crippen molar-refractivity contribution in [3.05, 3.63) is 31.5 Å². The van der Waals surface area contributed by atoms with E-state index in [0.717, 1.165) is 0 Å². The summed E-state index contributed by atoms with van der Waals surface area (Å²) in [4.78, 5) is 24.7. The van der Waals surface area contributed by atoms with Gasteiger partial charge >= 0.3 is 5.69 Å². The number of rotatable bonds is 5. The molecule has 1 unspecified atom stereocenters. The Morgan fingerprint density at radius 1 is 1.53 bits per heavy atom. The van der Waals surface area contributed by atoms with Crippen molar-refractivity contribution in [3.8, 4) is 0 Å². The third kappa shape index (κ3) is 4.45. The van der Waals surface area contributed by atoms with Crippen LogP contribution in [0.3, 0.4) is 0 Å². The van der Waals surface area contributed by atoms with Crippen LogP contribution in [0.25, 0.3) is 0 Å². The summed E-state index contributed by atoms with van der Waals surface area (Å²) in [7, 11) is 0. The maximum atomic E-state index is 11.4. The smallest absolute Gasteiger partial charge is 0.328 e. The second-order valence-electron chi connectivity index (χ2n) is 4.11. The minimum absolute atomic E-state index is 0.133. The maximum Gasteiger partial charge on any atom is 0.328 e. The van der Waals surface area contributed by atoms with E-state index in [2.05, 4.69) is 26.2 Å². The second-order valence-corrected chi connectivity index (χ2v) is 4.96. The average molecular weight is 306 g/mol. The van der Waals surface area contributed by atoms with E-state index in [1.54, 1.807) is 0 Å². The quantitative estimate of drug-likeness (QED) is 0.694. The summed E-state index contributed by atoms with van der Waals surface area (Å²) in [5.41, 5.74) is -0.997. The third-order valence-electron chi connectivity index (χ3n) is 2.14. The molecule has 17 heavy (non-hydrogen) atoms. The van der Waals surface area contributed by atoms with Gasteiger partial charge in [0.2, 0.25) is 0 Å². The molecule has 0 radical (unpaired) electrons. The molecule has 1 atom stereocenters. The van der Waals surface area contributed by atoms with Gasteiger partial charge in [-0.3, -0.25) is 14.3 Å². The average Bonchev–Trinajstić information content (AvgIpc) is 2.23. The molecule has 0 spiro atoms. The molecule has 0 aromatic carbocycles. The predicted molar refractivity (Wildman–Crippen MR) is 68.2 cm³/mol. The molecule has 6 nitrogen and oxygen atoms in total. The molecule has 0 saturated carbocycles. The van der Waals surface area contributed by atoms with E-state index >= 15 is 0 Å². The zero-order valence-electron chi connectivity index (χ0n) is 9.74. The van der Waals surface area contributed by atoms with E-state index in [1.165, 1.54) is 10.8 Å². The van der Waals surface area contributed by atoms with E-state index in [9.17, 15) is 14.7 Å². The lowest BCUT2D eigenvalue weighted by molar-refractivity contribution is 0.147. The number of hydrogen-bond acceptors (Lipinski definition) is 4. The monoisotopic (exact) mass is 305 g/mol. The topological polar surface area (TPSA) is 87.1 Å². The SMILES string of the molecule is CC(C)NCC(O)Cn1cc(Br)c(=O)[nH]c1=O. The molecule has 0 amide bonds. The first-order valence-corrected chi connectivity index (χ1v) is 6.10. The van der Waals surface area contributed by atoms with Crippen molar-refractivity contribution in [2.45, 2.75) is 32.5 Å². The van der Waals surface area contributed by atoms with Gasteiger partial charge in [-0.05, 0) is 15.9 Å². The molecule has 0 aliphatic heterocycles. The van der Waals surface area contributed by atoms with Gasteiger partial charge in [0.15, 0.2) is 0 Å². The lowest BCUT2D eigenvalue weighted by Gasteiger charge is -2.15. The van der Waals surface area contributed by atoms with Crippen LogP contribution in [0.4, 0.5) is 0 Å². The molecule has 1 aromatic heterocycles. The highest BCUT2D eigenvalue weighted by molar-refractivity contribution is 9.10. The molecule has 1 rings (SSSR count).